The number of benzene rings is 2. The van der Waals surface area contributed by atoms with Crippen LogP contribution in [0.25, 0.3) is 5.82 Å². The fraction of sp³-hybridized carbons (Fsp3) is 0. The summed E-state index contributed by atoms with van der Waals surface area (Å²) in [5.74, 6) is -1.16. The summed E-state index contributed by atoms with van der Waals surface area (Å²) in [7, 11) is -4.08. The van der Waals surface area contributed by atoms with Crippen LogP contribution in [0.3, 0.4) is 0 Å². The van der Waals surface area contributed by atoms with E-state index in [9.17, 15) is 17.2 Å². The molecule has 11 heteroatoms. The number of rotatable bonds is 6. The van der Waals surface area contributed by atoms with E-state index in [1.807, 2.05) is 0 Å². The molecule has 0 aliphatic heterocycles. The second-order valence-electron chi connectivity index (χ2n) is 6.01. The fourth-order valence-corrected chi connectivity index (χ4v) is 3.54. The number of hydrogen-bond donors (Lipinski definition) is 1. The van der Waals surface area contributed by atoms with E-state index in [2.05, 4.69) is 19.9 Å². The Bertz CT molecular complexity index is 1260. The monoisotopic (exact) mass is 429 g/mol. The van der Waals surface area contributed by atoms with Crippen LogP contribution < -0.4 is 9.46 Å². The highest BCUT2D eigenvalue weighted by molar-refractivity contribution is 7.92. The highest BCUT2D eigenvalue weighted by Crippen LogP contribution is 2.23. The summed E-state index contributed by atoms with van der Waals surface area (Å²) in [6.07, 6.45) is 4.93. The van der Waals surface area contributed by atoms with E-state index in [1.54, 1.807) is 35.4 Å². The SMILES string of the molecule is O=S(=O)(Nc1ccc(Oc2ccc(-n3ccnc3)nn2)cc1)c1ccc(F)c(F)c1. The van der Waals surface area contributed by atoms with Crippen molar-refractivity contribution in [1.82, 2.24) is 19.7 Å². The molecule has 152 valence electrons. The van der Waals surface area contributed by atoms with E-state index in [0.717, 1.165) is 12.1 Å². The van der Waals surface area contributed by atoms with E-state index in [4.69, 9.17) is 4.74 Å². The molecule has 0 aliphatic carbocycles. The lowest BCUT2D eigenvalue weighted by atomic mass is 10.3. The third kappa shape index (κ3) is 4.25. The van der Waals surface area contributed by atoms with E-state index in [1.165, 1.54) is 24.3 Å². The van der Waals surface area contributed by atoms with Crippen LogP contribution in [-0.4, -0.2) is 28.2 Å². The van der Waals surface area contributed by atoms with Crippen molar-refractivity contribution in [2.45, 2.75) is 4.90 Å². The van der Waals surface area contributed by atoms with Crippen LogP contribution in [0.2, 0.25) is 0 Å². The zero-order valence-corrected chi connectivity index (χ0v) is 15.9. The molecule has 2 heterocycles. The van der Waals surface area contributed by atoms with Gasteiger partial charge in [-0.25, -0.2) is 22.2 Å². The Kier molecular flexibility index (Phi) is 5.11. The Morgan fingerprint density at radius 3 is 2.37 bits per heavy atom. The first-order valence-electron chi connectivity index (χ1n) is 8.48. The molecule has 4 rings (SSSR count). The van der Waals surface area contributed by atoms with Gasteiger partial charge in [-0.3, -0.25) is 9.29 Å². The predicted molar refractivity (Wildman–Crippen MR) is 103 cm³/mol. The molecule has 0 spiro atoms. The number of imidazole rings is 1. The van der Waals surface area contributed by atoms with Crippen LogP contribution in [0, 0.1) is 11.6 Å². The second kappa shape index (κ2) is 7.87. The third-order valence-corrected chi connectivity index (χ3v) is 5.30. The van der Waals surface area contributed by atoms with Crippen LogP contribution >= 0.6 is 0 Å². The molecule has 0 unspecified atom stereocenters. The number of ether oxygens (including phenoxy) is 1. The first kappa shape index (κ1) is 19.5. The van der Waals surface area contributed by atoms with E-state index in [0.29, 0.717) is 17.6 Å². The van der Waals surface area contributed by atoms with Gasteiger partial charge in [0.25, 0.3) is 10.0 Å². The average molecular weight is 429 g/mol. The largest absolute Gasteiger partial charge is 0.438 e. The standard InChI is InChI=1S/C19H13F2N5O3S/c20-16-6-5-15(11-17(16)21)30(27,28)25-13-1-3-14(4-2-13)29-19-8-7-18(23-24-19)26-10-9-22-12-26/h1-12,25H. The molecule has 2 aromatic carbocycles. The Morgan fingerprint density at radius 2 is 1.73 bits per heavy atom. The van der Waals surface area contributed by atoms with Crippen molar-refractivity contribution in [2.75, 3.05) is 4.72 Å². The molecule has 2 aromatic heterocycles. The van der Waals surface area contributed by atoms with Gasteiger partial charge in [-0.2, -0.15) is 0 Å². The number of sulfonamides is 1. The number of nitrogens with one attached hydrogen (secondary N) is 1. The topological polar surface area (TPSA) is 99.0 Å². The van der Waals surface area contributed by atoms with Gasteiger partial charge in [0.1, 0.15) is 12.1 Å². The number of hydrogen-bond acceptors (Lipinski definition) is 6. The minimum Gasteiger partial charge on any atom is -0.438 e. The van der Waals surface area contributed by atoms with Crippen LogP contribution in [0.15, 0.2) is 78.2 Å². The molecule has 0 fully saturated rings. The summed E-state index contributed by atoms with van der Waals surface area (Å²) >= 11 is 0. The van der Waals surface area contributed by atoms with Crippen molar-refractivity contribution >= 4 is 15.7 Å². The van der Waals surface area contributed by atoms with Crippen molar-refractivity contribution in [3.8, 4) is 17.4 Å². The van der Waals surface area contributed by atoms with Gasteiger partial charge in [-0.15, -0.1) is 10.2 Å². The Hall–Kier alpha value is -3.86. The Balaban J connectivity index is 1.44. The fourth-order valence-electron chi connectivity index (χ4n) is 2.47. The molecule has 30 heavy (non-hydrogen) atoms. The molecule has 4 aromatic rings. The third-order valence-electron chi connectivity index (χ3n) is 3.93. The Morgan fingerprint density at radius 1 is 0.933 bits per heavy atom. The molecule has 0 saturated carbocycles. The van der Waals surface area contributed by atoms with E-state index in [-0.39, 0.29) is 11.6 Å². The summed E-state index contributed by atoms with van der Waals surface area (Å²) < 4.78 is 60.5. The zero-order valence-electron chi connectivity index (χ0n) is 15.1. The van der Waals surface area contributed by atoms with Gasteiger partial charge in [-0.1, -0.05) is 0 Å². The average Bonchev–Trinajstić information content (AvgIpc) is 3.27. The lowest BCUT2D eigenvalue weighted by Crippen LogP contribution is -2.13. The first-order chi connectivity index (χ1) is 14.4. The highest BCUT2D eigenvalue weighted by Gasteiger charge is 2.16. The summed E-state index contributed by atoms with van der Waals surface area (Å²) in [6, 6.07) is 11.6. The Labute approximate surface area is 169 Å². The van der Waals surface area contributed by atoms with Gasteiger partial charge in [0.05, 0.1) is 4.90 Å². The molecular weight excluding hydrogens is 416 g/mol. The van der Waals surface area contributed by atoms with Crippen molar-refractivity contribution in [2.24, 2.45) is 0 Å². The molecule has 0 amide bonds. The second-order valence-corrected chi connectivity index (χ2v) is 7.69. The number of halogens is 2. The molecule has 0 saturated heterocycles. The number of anilines is 1. The molecule has 0 aliphatic rings. The van der Waals surface area contributed by atoms with E-state index < -0.39 is 26.6 Å². The molecule has 8 nitrogen and oxygen atoms in total. The van der Waals surface area contributed by atoms with E-state index >= 15 is 0 Å². The normalized spacial score (nSPS) is 11.3. The maximum atomic E-state index is 13.3. The summed E-state index contributed by atoms with van der Waals surface area (Å²) in [5, 5.41) is 8.00. The molecule has 0 bridgehead atoms. The van der Waals surface area contributed by atoms with Gasteiger partial charge in [-0.05, 0) is 48.5 Å². The van der Waals surface area contributed by atoms with Crippen LogP contribution in [-0.2, 0) is 10.0 Å². The summed E-state index contributed by atoms with van der Waals surface area (Å²) in [5.41, 5.74) is 0.216. The smallest absolute Gasteiger partial charge is 0.261 e. The summed E-state index contributed by atoms with van der Waals surface area (Å²) in [4.78, 5) is 3.54. The zero-order chi connectivity index (χ0) is 21.1. The minimum atomic E-state index is -4.08. The van der Waals surface area contributed by atoms with Crippen molar-refractivity contribution in [3.63, 3.8) is 0 Å². The van der Waals surface area contributed by atoms with Crippen molar-refractivity contribution < 1.29 is 21.9 Å². The van der Waals surface area contributed by atoms with Gasteiger partial charge in [0.2, 0.25) is 5.88 Å². The van der Waals surface area contributed by atoms with Gasteiger partial charge >= 0.3 is 0 Å². The number of aromatic nitrogens is 4. The highest BCUT2D eigenvalue weighted by atomic mass is 32.2. The minimum absolute atomic E-state index is 0.216. The van der Waals surface area contributed by atoms with Crippen LogP contribution in [0.1, 0.15) is 0 Å². The molecular formula is C19H13F2N5O3S. The summed E-state index contributed by atoms with van der Waals surface area (Å²) in [6.45, 7) is 0. The van der Waals surface area contributed by atoms with Crippen molar-refractivity contribution in [3.05, 3.63) is 85.0 Å². The lowest BCUT2D eigenvalue weighted by Gasteiger charge is -2.10. The number of nitrogens with zero attached hydrogens (tertiary/aromatic N) is 4. The van der Waals surface area contributed by atoms with Gasteiger partial charge < -0.3 is 4.74 Å². The first-order valence-corrected chi connectivity index (χ1v) is 9.97. The maximum absolute atomic E-state index is 13.3. The van der Waals surface area contributed by atoms with Gasteiger partial charge in [0.15, 0.2) is 17.5 Å². The predicted octanol–water partition coefficient (Wildman–Crippen LogP) is 3.53. The lowest BCUT2D eigenvalue weighted by molar-refractivity contribution is 0.454. The maximum Gasteiger partial charge on any atom is 0.261 e. The van der Waals surface area contributed by atoms with Crippen LogP contribution in [0.5, 0.6) is 11.6 Å². The van der Waals surface area contributed by atoms with Gasteiger partial charge in [0, 0.05) is 24.1 Å². The molecule has 1 N–H and O–H groups in total. The molecule has 0 atom stereocenters. The van der Waals surface area contributed by atoms with Crippen molar-refractivity contribution in [1.29, 1.82) is 0 Å². The van der Waals surface area contributed by atoms with Crippen LogP contribution in [0.4, 0.5) is 14.5 Å². The molecule has 0 radical (unpaired) electrons. The quantitative estimate of drug-likeness (QED) is 0.503.